The van der Waals surface area contributed by atoms with Crippen molar-refractivity contribution in [1.82, 2.24) is 14.7 Å². The third kappa shape index (κ3) is 4.46. The Balaban J connectivity index is 1.36. The molecule has 0 bridgehead atoms. The lowest BCUT2D eigenvalue weighted by molar-refractivity contribution is -0.125. The van der Waals surface area contributed by atoms with Crippen molar-refractivity contribution in [3.8, 4) is 0 Å². The maximum absolute atomic E-state index is 13.6. The highest BCUT2D eigenvalue weighted by Crippen LogP contribution is 2.32. The van der Waals surface area contributed by atoms with Crippen molar-refractivity contribution >= 4 is 29.6 Å². The number of benzene rings is 2. The number of carbonyl (C=O) groups excluding carboxylic acids is 2. The molecule has 0 unspecified atom stereocenters. The number of hydrogen-bond acceptors (Lipinski definition) is 5. The summed E-state index contributed by atoms with van der Waals surface area (Å²) in [5.74, 6) is 0.590. The average Bonchev–Trinajstić information content (AvgIpc) is 2.85. The lowest BCUT2D eigenvalue weighted by Gasteiger charge is -2.45. The first-order valence-corrected chi connectivity index (χ1v) is 11.5. The summed E-state index contributed by atoms with van der Waals surface area (Å²) < 4.78 is 5.51. The minimum Gasteiger partial charge on any atom is -0.445 e. The van der Waals surface area contributed by atoms with Gasteiger partial charge >= 0.3 is 6.09 Å². The molecule has 3 aliphatic heterocycles. The number of carbonyl (C=O) groups is 2. The van der Waals surface area contributed by atoms with E-state index < -0.39 is 6.09 Å². The van der Waals surface area contributed by atoms with E-state index in [4.69, 9.17) is 16.3 Å². The third-order valence-corrected chi connectivity index (χ3v) is 6.35. The molecule has 0 aromatic heterocycles. The first kappa shape index (κ1) is 21.5. The highest BCUT2D eigenvalue weighted by Gasteiger charge is 2.41. The van der Waals surface area contributed by atoms with Crippen molar-refractivity contribution < 1.29 is 14.3 Å². The molecule has 0 fully saturated rings. The Hall–Kier alpha value is -3.32. The Morgan fingerprint density at radius 1 is 1.06 bits per heavy atom. The Morgan fingerprint density at radius 2 is 1.88 bits per heavy atom. The molecule has 0 radical (unpaired) electrons. The predicted molar refractivity (Wildman–Crippen MR) is 125 cm³/mol. The van der Waals surface area contributed by atoms with Crippen LogP contribution in [-0.2, 0) is 22.7 Å². The Bertz CT molecular complexity index is 1130. The van der Waals surface area contributed by atoms with E-state index in [1.54, 1.807) is 9.80 Å². The van der Waals surface area contributed by atoms with Crippen LogP contribution in [-0.4, -0.2) is 58.8 Å². The van der Waals surface area contributed by atoms with Crippen molar-refractivity contribution in [2.75, 3.05) is 26.2 Å². The highest BCUT2D eigenvalue weighted by molar-refractivity contribution is 6.30. The van der Waals surface area contributed by atoms with E-state index in [1.807, 2.05) is 54.6 Å². The van der Waals surface area contributed by atoms with Crippen molar-refractivity contribution in [2.24, 2.45) is 4.99 Å². The van der Waals surface area contributed by atoms with Crippen LogP contribution in [0.25, 0.3) is 0 Å². The lowest BCUT2D eigenvalue weighted by Crippen LogP contribution is -2.57. The Morgan fingerprint density at radius 3 is 2.70 bits per heavy atom. The van der Waals surface area contributed by atoms with E-state index in [0.29, 0.717) is 42.6 Å². The van der Waals surface area contributed by atoms with Gasteiger partial charge in [0.1, 0.15) is 6.61 Å². The third-order valence-electron chi connectivity index (χ3n) is 6.11. The minimum atomic E-state index is -0.405. The van der Waals surface area contributed by atoms with Crippen LogP contribution in [0.15, 0.2) is 70.9 Å². The maximum Gasteiger partial charge on any atom is 0.410 e. The topological polar surface area (TPSA) is 65.5 Å². The molecule has 2 aromatic rings. The van der Waals surface area contributed by atoms with Gasteiger partial charge in [0.2, 0.25) is 5.96 Å². The summed E-state index contributed by atoms with van der Waals surface area (Å²) in [5.41, 5.74) is 3.48. The van der Waals surface area contributed by atoms with Crippen LogP contribution in [0.2, 0.25) is 5.02 Å². The highest BCUT2D eigenvalue weighted by atomic mass is 35.5. The number of nitrogens with zero attached hydrogens (tertiary/aromatic N) is 4. The molecule has 170 valence electrons. The van der Waals surface area contributed by atoms with Gasteiger partial charge in [-0.25, -0.2) is 4.79 Å². The molecule has 5 rings (SSSR count). The second kappa shape index (κ2) is 9.27. The summed E-state index contributed by atoms with van der Waals surface area (Å²) in [6, 6.07) is 17.1. The Labute approximate surface area is 197 Å². The molecule has 0 saturated carbocycles. The van der Waals surface area contributed by atoms with Gasteiger partial charge in [-0.1, -0.05) is 54.1 Å². The van der Waals surface area contributed by atoms with Gasteiger partial charge in [-0.2, -0.15) is 0 Å². The SMILES string of the molecule is O=C(OCc1ccccc1)N1CCC2=C(C1)C(=O)N(Cc1cccc(Cl)c1)C1=NCCCN12. The first-order chi connectivity index (χ1) is 16.1. The molecule has 3 aliphatic rings. The van der Waals surface area contributed by atoms with Crippen molar-refractivity contribution in [3.05, 3.63) is 82.0 Å². The molecule has 7 nitrogen and oxygen atoms in total. The van der Waals surface area contributed by atoms with E-state index in [9.17, 15) is 9.59 Å². The smallest absolute Gasteiger partial charge is 0.410 e. The van der Waals surface area contributed by atoms with Crippen molar-refractivity contribution in [2.45, 2.75) is 26.0 Å². The van der Waals surface area contributed by atoms with Crippen LogP contribution in [0.3, 0.4) is 0 Å². The van der Waals surface area contributed by atoms with Crippen LogP contribution >= 0.6 is 11.6 Å². The molecule has 0 spiro atoms. The summed E-state index contributed by atoms with van der Waals surface area (Å²) in [6.45, 7) is 2.85. The molecule has 33 heavy (non-hydrogen) atoms. The van der Waals surface area contributed by atoms with E-state index >= 15 is 0 Å². The molecule has 2 aromatic carbocycles. The molecule has 8 heteroatoms. The number of rotatable bonds is 4. The second-order valence-corrected chi connectivity index (χ2v) is 8.78. The van der Waals surface area contributed by atoms with Crippen molar-refractivity contribution in [3.63, 3.8) is 0 Å². The number of ether oxygens (including phenoxy) is 1. The molecular formula is C25H25ClN4O3. The number of amides is 2. The predicted octanol–water partition coefficient (Wildman–Crippen LogP) is 4.04. The standard InChI is InChI=1S/C25H25ClN4O3/c26-20-9-4-8-19(14-20)15-30-23(31)21-16-28(25(32)33-17-18-6-2-1-3-7-18)13-10-22(21)29-12-5-11-27-24(29)30/h1-4,6-9,14H,5,10-13,15-17H2. The van der Waals surface area contributed by atoms with Crippen LogP contribution < -0.4 is 0 Å². The molecule has 3 heterocycles. The molecule has 2 amide bonds. The first-order valence-electron chi connectivity index (χ1n) is 11.2. The van der Waals surface area contributed by atoms with Gasteiger partial charge in [-0.3, -0.25) is 14.7 Å². The number of fused-ring (bicyclic) bond motifs is 2. The van der Waals surface area contributed by atoms with Gasteiger partial charge in [-0.15, -0.1) is 0 Å². The molecule has 0 aliphatic carbocycles. The molecule has 0 N–H and O–H groups in total. The van der Waals surface area contributed by atoms with Crippen LogP contribution in [0.5, 0.6) is 0 Å². The zero-order chi connectivity index (χ0) is 22.8. The fraction of sp³-hybridized carbons (Fsp3) is 0.320. The van der Waals surface area contributed by atoms with Crippen LogP contribution in [0.4, 0.5) is 4.79 Å². The number of halogens is 1. The van der Waals surface area contributed by atoms with Gasteiger partial charge in [0.15, 0.2) is 0 Å². The molecule has 0 saturated heterocycles. The number of hydrogen-bond donors (Lipinski definition) is 0. The summed E-state index contributed by atoms with van der Waals surface area (Å²) in [4.78, 5) is 36.5. The number of aliphatic imine (C=N–C) groups is 1. The lowest BCUT2D eigenvalue weighted by atomic mass is 10.00. The van der Waals surface area contributed by atoms with Gasteiger partial charge in [0.25, 0.3) is 5.91 Å². The van der Waals surface area contributed by atoms with Crippen LogP contribution in [0.1, 0.15) is 24.0 Å². The van der Waals surface area contributed by atoms with Gasteiger partial charge in [0.05, 0.1) is 18.7 Å². The van der Waals surface area contributed by atoms with Crippen LogP contribution in [0, 0.1) is 0 Å². The minimum absolute atomic E-state index is 0.109. The zero-order valence-electron chi connectivity index (χ0n) is 18.2. The van der Waals surface area contributed by atoms with E-state index in [1.165, 1.54) is 0 Å². The number of guanidine groups is 1. The van der Waals surface area contributed by atoms with Gasteiger partial charge < -0.3 is 14.5 Å². The largest absolute Gasteiger partial charge is 0.445 e. The Kier molecular flexibility index (Phi) is 6.05. The zero-order valence-corrected chi connectivity index (χ0v) is 19.0. The van der Waals surface area contributed by atoms with Gasteiger partial charge in [-0.05, 0) is 29.7 Å². The maximum atomic E-state index is 13.6. The van der Waals surface area contributed by atoms with Gasteiger partial charge in [0, 0.05) is 36.8 Å². The van der Waals surface area contributed by atoms with E-state index in [0.717, 1.165) is 29.8 Å². The average molecular weight is 465 g/mol. The summed E-state index contributed by atoms with van der Waals surface area (Å²) in [5, 5.41) is 0.629. The van der Waals surface area contributed by atoms with E-state index in [-0.39, 0.29) is 19.1 Å². The normalized spacial score (nSPS) is 18.0. The van der Waals surface area contributed by atoms with E-state index in [2.05, 4.69) is 9.89 Å². The summed E-state index contributed by atoms with van der Waals surface area (Å²) >= 11 is 6.16. The second-order valence-electron chi connectivity index (χ2n) is 8.35. The monoisotopic (exact) mass is 464 g/mol. The van der Waals surface area contributed by atoms with Crippen molar-refractivity contribution in [1.29, 1.82) is 0 Å². The summed E-state index contributed by atoms with van der Waals surface area (Å²) in [7, 11) is 0. The molecular weight excluding hydrogens is 440 g/mol. The summed E-state index contributed by atoms with van der Waals surface area (Å²) in [6.07, 6.45) is 1.13. The molecule has 0 atom stereocenters. The fourth-order valence-corrected chi connectivity index (χ4v) is 4.72. The quantitative estimate of drug-likeness (QED) is 0.685. The fourth-order valence-electron chi connectivity index (χ4n) is 4.50.